The van der Waals surface area contributed by atoms with Crippen molar-refractivity contribution in [2.75, 3.05) is 31.6 Å². The number of carbonyl (C=O) groups excluding carboxylic acids is 1. The highest BCUT2D eigenvalue weighted by Crippen LogP contribution is 2.28. The second-order valence-electron chi connectivity index (χ2n) is 10.6. The summed E-state index contributed by atoms with van der Waals surface area (Å²) >= 11 is 1.71. The van der Waals surface area contributed by atoms with Crippen LogP contribution in [0.2, 0.25) is 0 Å². The van der Waals surface area contributed by atoms with Gasteiger partial charge in [-0.2, -0.15) is 0 Å². The maximum Gasteiger partial charge on any atom is 0.310 e. The predicted molar refractivity (Wildman–Crippen MR) is 152 cm³/mol. The van der Waals surface area contributed by atoms with Gasteiger partial charge < -0.3 is 20.7 Å². The number of hydrogen-bond acceptors (Lipinski definition) is 11. The Morgan fingerprint density at radius 2 is 2.05 bits per heavy atom. The van der Waals surface area contributed by atoms with Gasteiger partial charge in [0.1, 0.15) is 5.82 Å². The molecule has 4 aliphatic rings. The zero-order valence-corrected chi connectivity index (χ0v) is 23.3. The number of ether oxygens (including phenoxy) is 1. The van der Waals surface area contributed by atoms with Gasteiger partial charge in [-0.05, 0) is 52.2 Å². The van der Waals surface area contributed by atoms with Crippen molar-refractivity contribution >= 4 is 34.7 Å². The van der Waals surface area contributed by atoms with Gasteiger partial charge in [-0.15, -0.1) is 0 Å². The number of thioether (sulfide) groups is 1. The van der Waals surface area contributed by atoms with Gasteiger partial charge in [-0.1, -0.05) is 31.0 Å². The molecular formula is C27H40N8O2S. The second-order valence-corrected chi connectivity index (χ2v) is 11.8. The summed E-state index contributed by atoms with van der Waals surface area (Å²) in [6.45, 7) is 7.44. The fourth-order valence-electron chi connectivity index (χ4n) is 5.54. The summed E-state index contributed by atoms with van der Waals surface area (Å²) in [7, 11) is 0. The van der Waals surface area contributed by atoms with E-state index in [9.17, 15) is 4.79 Å². The smallest absolute Gasteiger partial charge is 0.310 e. The first-order valence-electron chi connectivity index (χ1n) is 14.0. The zero-order valence-electron chi connectivity index (χ0n) is 22.5. The summed E-state index contributed by atoms with van der Waals surface area (Å²) in [5.74, 6) is 1.44. The Hall–Kier alpha value is -2.66. The molecule has 1 saturated carbocycles. The number of nitrogens with one attached hydrogen (secondary N) is 3. The highest BCUT2D eigenvalue weighted by molar-refractivity contribution is 8.15. The van der Waals surface area contributed by atoms with Crippen molar-refractivity contribution in [2.45, 2.75) is 82.7 Å². The van der Waals surface area contributed by atoms with Crippen molar-refractivity contribution in [3.63, 3.8) is 0 Å². The Morgan fingerprint density at radius 3 is 2.84 bits per heavy atom. The number of aliphatic imine (C=N–C) groups is 2. The quantitative estimate of drug-likeness (QED) is 0.448. The molecule has 2 fully saturated rings. The molecule has 1 aromatic rings. The van der Waals surface area contributed by atoms with Crippen LogP contribution in [0.15, 0.2) is 34.2 Å². The minimum atomic E-state index is -0.0893. The number of likely N-dealkylation sites (tertiary alicyclic amines) is 1. The molecule has 0 aromatic carbocycles. The number of rotatable bonds is 7. The van der Waals surface area contributed by atoms with Crippen LogP contribution >= 0.6 is 11.8 Å². The second kappa shape index (κ2) is 12.9. The number of amidine groups is 1. The predicted octanol–water partition coefficient (Wildman–Crippen LogP) is 3.29. The lowest BCUT2D eigenvalue weighted by Gasteiger charge is -2.31. The van der Waals surface area contributed by atoms with Crippen molar-refractivity contribution in [3.8, 4) is 0 Å². The Morgan fingerprint density at radius 1 is 1.18 bits per heavy atom. The Kier molecular flexibility index (Phi) is 9.16. The molecule has 4 heterocycles. The van der Waals surface area contributed by atoms with Gasteiger partial charge >= 0.3 is 5.97 Å². The van der Waals surface area contributed by atoms with Crippen LogP contribution in [-0.2, 0) is 16.1 Å². The maximum absolute atomic E-state index is 12.1. The molecule has 0 bridgehead atoms. The summed E-state index contributed by atoms with van der Waals surface area (Å²) in [4.78, 5) is 33.3. The third-order valence-corrected chi connectivity index (χ3v) is 8.66. The fourth-order valence-corrected chi connectivity index (χ4v) is 6.56. The molecule has 1 aliphatic carbocycles. The van der Waals surface area contributed by atoms with E-state index in [0.717, 1.165) is 41.9 Å². The first-order chi connectivity index (χ1) is 18.6. The van der Waals surface area contributed by atoms with Gasteiger partial charge in [0, 0.05) is 24.8 Å². The lowest BCUT2D eigenvalue weighted by Crippen LogP contribution is -2.46. The molecule has 38 heavy (non-hydrogen) atoms. The molecule has 5 rings (SSSR count). The molecule has 206 valence electrons. The van der Waals surface area contributed by atoms with Crippen LogP contribution in [0.25, 0.3) is 0 Å². The molecule has 0 radical (unpaired) electrons. The topological polar surface area (TPSA) is 116 Å². The van der Waals surface area contributed by atoms with E-state index in [-0.39, 0.29) is 23.2 Å². The molecule has 3 N–H and O–H groups in total. The number of allylic oxidation sites excluding steroid dienone is 1. The molecule has 1 aromatic heterocycles. The first kappa shape index (κ1) is 26.9. The van der Waals surface area contributed by atoms with Crippen molar-refractivity contribution in [3.05, 3.63) is 29.9 Å². The van der Waals surface area contributed by atoms with Gasteiger partial charge in [0.05, 0.1) is 48.4 Å². The molecule has 3 atom stereocenters. The van der Waals surface area contributed by atoms with E-state index in [1.54, 1.807) is 24.2 Å². The van der Waals surface area contributed by atoms with Crippen LogP contribution in [0.3, 0.4) is 0 Å². The Balaban J connectivity index is 1.10. The first-order valence-corrected chi connectivity index (χ1v) is 14.9. The number of anilines is 1. The molecule has 3 aliphatic heterocycles. The lowest BCUT2D eigenvalue weighted by molar-refractivity contribution is -0.150. The van der Waals surface area contributed by atoms with Crippen LogP contribution in [0.1, 0.15) is 64.5 Å². The fraction of sp³-hybridized carbons (Fsp3) is 0.667. The number of piperidine rings is 1. The van der Waals surface area contributed by atoms with Crippen LogP contribution in [0.5, 0.6) is 0 Å². The van der Waals surface area contributed by atoms with Crippen LogP contribution < -0.4 is 16.0 Å². The van der Waals surface area contributed by atoms with Crippen molar-refractivity contribution < 1.29 is 9.53 Å². The Bertz CT molecular complexity index is 1050. The Labute approximate surface area is 229 Å². The largest absolute Gasteiger partial charge is 0.466 e. The third kappa shape index (κ3) is 7.25. The molecule has 1 saturated heterocycles. The number of nitrogens with zero attached hydrogens (tertiary/aromatic N) is 5. The van der Waals surface area contributed by atoms with Crippen LogP contribution in [0.4, 0.5) is 5.82 Å². The number of carbonyl (C=O) groups is 1. The van der Waals surface area contributed by atoms with E-state index in [4.69, 9.17) is 14.7 Å². The molecule has 0 amide bonds. The lowest BCUT2D eigenvalue weighted by atomic mass is 9.96. The number of aromatic nitrogens is 2. The van der Waals surface area contributed by atoms with Crippen LogP contribution in [0, 0.1) is 5.92 Å². The minimum absolute atomic E-state index is 0.0509. The van der Waals surface area contributed by atoms with E-state index in [2.05, 4.69) is 43.8 Å². The molecular weight excluding hydrogens is 500 g/mol. The molecule has 10 nitrogen and oxygen atoms in total. The van der Waals surface area contributed by atoms with E-state index < -0.39 is 0 Å². The van der Waals surface area contributed by atoms with Gasteiger partial charge in [0.25, 0.3) is 0 Å². The highest BCUT2D eigenvalue weighted by Gasteiger charge is 2.30. The monoisotopic (exact) mass is 540 g/mol. The maximum atomic E-state index is 12.1. The number of hydrogen-bond donors (Lipinski definition) is 3. The minimum Gasteiger partial charge on any atom is -0.466 e. The zero-order chi connectivity index (χ0) is 26.3. The third-order valence-electron chi connectivity index (χ3n) is 7.47. The molecule has 11 heteroatoms. The molecule has 0 spiro atoms. The van der Waals surface area contributed by atoms with Crippen molar-refractivity contribution in [1.82, 2.24) is 25.5 Å². The standard InChI is InChI=1S/C27H40N8O2S/c1-3-37-25(36)19-8-7-11-35(16-19)17-21-13-29-24(15-28-21)34-27-30-14-23(38-27)22-12-18(2)31-26(33-22)32-20-9-5-4-6-10-20/h12-13,15,19-20,22-23H,3-11,14,16-17H2,1-2H3,(H,29,30,34)(H2,31,32,33). The van der Waals surface area contributed by atoms with Gasteiger partial charge in [-0.3, -0.25) is 19.7 Å². The summed E-state index contributed by atoms with van der Waals surface area (Å²) in [6.07, 6.45) is 14.0. The number of esters is 1. The van der Waals surface area contributed by atoms with Gasteiger partial charge in [-0.25, -0.2) is 9.98 Å². The van der Waals surface area contributed by atoms with E-state index in [1.807, 2.05) is 6.92 Å². The summed E-state index contributed by atoms with van der Waals surface area (Å²) in [6, 6.07) is 0.591. The summed E-state index contributed by atoms with van der Waals surface area (Å²) in [5, 5.41) is 11.5. The summed E-state index contributed by atoms with van der Waals surface area (Å²) < 4.78 is 5.21. The van der Waals surface area contributed by atoms with Gasteiger partial charge in [0.2, 0.25) is 0 Å². The van der Waals surface area contributed by atoms with Crippen molar-refractivity contribution in [1.29, 1.82) is 0 Å². The summed E-state index contributed by atoms with van der Waals surface area (Å²) in [5.41, 5.74) is 2.02. The van der Waals surface area contributed by atoms with E-state index >= 15 is 0 Å². The van der Waals surface area contributed by atoms with Gasteiger partial charge in [0.15, 0.2) is 11.1 Å². The number of guanidine groups is 1. The average molecular weight is 541 g/mol. The van der Waals surface area contributed by atoms with E-state index in [1.165, 1.54) is 32.1 Å². The molecule has 3 unspecified atom stereocenters. The SMILES string of the molecule is CCOC(=O)C1CCCN(Cc2cnc(NC3=NCC(C4C=C(C)NC(NC5CCCCC5)=N4)S3)cn2)C1. The van der Waals surface area contributed by atoms with E-state index in [0.29, 0.717) is 38.1 Å². The highest BCUT2D eigenvalue weighted by atomic mass is 32.2. The average Bonchev–Trinajstić information content (AvgIpc) is 3.39. The normalized spacial score (nSPS) is 26.6. The van der Waals surface area contributed by atoms with Crippen molar-refractivity contribution in [2.24, 2.45) is 15.9 Å². The van der Waals surface area contributed by atoms with Crippen LogP contribution in [-0.4, -0.2) is 75.5 Å².